The Hall–Kier alpha value is -1.39. The minimum absolute atomic E-state index is 0.102. The van der Waals surface area contributed by atoms with Gasteiger partial charge in [0, 0.05) is 6.04 Å². The summed E-state index contributed by atoms with van der Waals surface area (Å²) in [6.45, 7) is 3.49. The van der Waals surface area contributed by atoms with Gasteiger partial charge in [0.05, 0.1) is 5.75 Å². The zero-order chi connectivity index (χ0) is 13.2. The molecule has 0 spiro atoms. The largest absolute Gasteiger partial charge is 0.212 e. The Labute approximate surface area is 108 Å². The van der Waals surface area contributed by atoms with Crippen LogP contribution in [0.15, 0.2) is 42.5 Å². The summed E-state index contributed by atoms with van der Waals surface area (Å²) >= 11 is 0. The third-order valence-electron chi connectivity index (χ3n) is 3.01. The molecule has 0 amide bonds. The van der Waals surface area contributed by atoms with Crippen molar-refractivity contribution in [3.63, 3.8) is 0 Å². The van der Waals surface area contributed by atoms with Crippen LogP contribution in [0.3, 0.4) is 0 Å². The van der Waals surface area contributed by atoms with Gasteiger partial charge in [0.25, 0.3) is 0 Å². The molecule has 0 aliphatic carbocycles. The Morgan fingerprint density at radius 3 is 2.44 bits per heavy atom. The first kappa shape index (κ1) is 13.1. The molecule has 0 saturated heterocycles. The smallest absolute Gasteiger partial charge is 0.211 e. The molecule has 0 aliphatic rings. The molecule has 18 heavy (non-hydrogen) atoms. The van der Waals surface area contributed by atoms with E-state index < -0.39 is 10.0 Å². The second kappa shape index (κ2) is 5.08. The fraction of sp³-hybridized carbons (Fsp3) is 0.286. The number of hydrogen-bond acceptors (Lipinski definition) is 2. The molecule has 3 nitrogen and oxygen atoms in total. The van der Waals surface area contributed by atoms with Gasteiger partial charge < -0.3 is 0 Å². The van der Waals surface area contributed by atoms with Crippen LogP contribution in [0.5, 0.6) is 0 Å². The van der Waals surface area contributed by atoms with Gasteiger partial charge in [-0.25, -0.2) is 13.1 Å². The molecular weight excluding hydrogens is 246 g/mol. The lowest BCUT2D eigenvalue weighted by molar-refractivity contribution is 0.568. The first-order valence-corrected chi connectivity index (χ1v) is 7.66. The molecule has 0 aromatic heterocycles. The minimum atomic E-state index is -3.17. The molecule has 96 valence electrons. The maximum atomic E-state index is 11.5. The van der Waals surface area contributed by atoms with Crippen LogP contribution in [-0.2, 0) is 10.0 Å². The lowest BCUT2D eigenvalue weighted by Gasteiger charge is -2.14. The number of nitrogens with one attached hydrogen (secondary N) is 1. The molecule has 2 aromatic rings. The summed E-state index contributed by atoms with van der Waals surface area (Å²) in [7, 11) is -3.17. The topological polar surface area (TPSA) is 46.2 Å². The monoisotopic (exact) mass is 263 g/mol. The third-order valence-corrected chi connectivity index (χ3v) is 4.48. The molecule has 0 fully saturated rings. The summed E-state index contributed by atoms with van der Waals surface area (Å²) in [4.78, 5) is 0. The summed E-state index contributed by atoms with van der Waals surface area (Å²) in [5.74, 6) is 0.102. The van der Waals surface area contributed by atoms with E-state index in [-0.39, 0.29) is 11.8 Å². The zero-order valence-electron chi connectivity index (χ0n) is 10.6. The van der Waals surface area contributed by atoms with E-state index in [1.807, 2.05) is 49.4 Å². The average Bonchev–Trinajstić information content (AvgIpc) is 2.37. The van der Waals surface area contributed by atoms with E-state index in [9.17, 15) is 8.42 Å². The second-order valence-electron chi connectivity index (χ2n) is 4.35. The van der Waals surface area contributed by atoms with Gasteiger partial charge in [-0.15, -0.1) is 0 Å². The minimum Gasteiger partial charge on any atom is -0.212 e. The highest BCUT2D eigenvalue weighted by Crippen LogP contribution is 2.20. The number of sulfonamides is 1. The van der Waals surface area contributed by atoms with Gasteiger partial charge in [-0.05, 0) is 36.2 Å². The lowest BCUT2D eigenvalue weighted by atomic mass is 10.0. The Morgan fingerprint density at radius 2 is 1.78 bits per heavy atom. The predicted octanol–water partition coefficient (Wildman–Crippen LogP) is 2.84. The fourth-order valence-corrected chi connectivity index (χ4v) is 2.74. The SMILES string of the molecule is CCS(=O)(=O)NC(C)c1ccc2ccccc2c1. The summed E-state index contributed by atoms with van der Waals surface area (Å²) in [6, 6.07) is 13.8. The quantitative estimate of drug-likeness (QED) is 0.922. The summed E-state index contributed by atoms with van der Waals surface area (Å²) < 4.78 is 25.7. The Bertz CT molecular complexity index is 650. The highest BCUT2D eigenvalue weighted by atomic mass is 32.2. The van der Waals surface area contributed by atoms with Crippen LogP contribution in [0.1, 0.15) is 25.5 Å². The van der Waals surface area contributed by atoms with Crippen molar-refractivity contribution < 1.29 is 8.42 Å². The number of fused-ring (bicyclic) bond motifs is 1. The molecule has 0 saturated carbocycles. The molecule has 0 heterocycles. The summed E-state index contributed by atoms with van der Waals surface area (Å²) in [5.41, 5.74) is 0.978. The van der Waals surface area contributed by atoms with Gasteiger partial charge in [-0.3, -0.25) is 0 Å². The number of rotatable bonds is 4. The molecule has 2 rings (SSSR count). The van der Waals surface area contributed by atoms with Crippen LogP contribution in [0.2, 0.25) is 0 Å². The van der Waals surface area contributed by atoms with E-state index >= 15 is 0 Å². The van der Waals surface area contributed by atoms with Gasteiger partial charge >= 0.3 is 0 Å². The lowest BCUT2D eigenvalue weighted by Crippen LogP contribution is -2.28. The van der Waals surface area contributed by atoms with Crippen molar-refractivity contribution in [3.8, 4) is 0 Å². The van der Waals surface area contributed by atoms with Gasteiger partial charge in [0.15, 0.2) is 0 Å². The van der Waals surface area contributed by atoms with E-state index in [0.29, 0.717) is 0 Å². The molecule has 4 heteroatoms. The van der Waals surface area contributed by atoms with Crippen LogP contribution in [0.4, 0.5) is 0 Å². The maximum Gasteiger partial charge on any atom is 0.211 e. The molecule has 0 radical (unpaired) electrons. The highest BCUT2D eigenvalue weighted by Gasteiger charge is 2.13. The van der Waals surface area contributed by atoms with Gasteiger partial charge in [0.1, 0.15) is 0 Å². The predicted molar refractivity (Wildman–Crippen MR) is 75.0 cm³/mol. The van der Waals surface area contributed by atoms with E-state index in [0.717, 1.165) is 16.3 Å². The zero-order valence-corrected chi connectivity index (χ0v) is 11.4. The van der Waals surface area contributed by atoms with Crippen molar-refractivity contribution in [2.45, 2.75) is 19.9 Å². The summed E-state index contributed by atoms with van der Waals surface area (Å²) in [5, 5.41) is 2.28. The van der Waals surface area contributed by atoms with Crippen molar-refractivity contribution in [3.05, 3.63) is 48.0 Å². The van der Waals surface area contributed by atoms with Crippen LogP contribution in [0, 0.1) is 0 Å². The van der Waals surface area contributed by atoms with Crippen LogP contribution >= 0.6 is 0 Å². The normalized spacial score (nSPS) is 13.7. The second-order valence-corrected chi connectivity index (χ2v) is 6.39. The molecule has 2 aromatic carbocycles. The molecule has 1 N–H and O–H groups in total. The van der Waals surface area contributed by atoms with Crippen LogP contribution in [0.25, 0.3) is 10.8 Å². The molecule has 0 aliphatic heterocycles. The molecular formula is C14H17NO2S. The van der Waals surface area contributed by atoms with Crippen LogP contribution in [-0.4, -0.2) is 14.2 Å². The van der Waals surface area contributed by atoms with Gasteiger partial charge in [-0.2, -0.15) is 0 Å². The molecule has 1 unspecified atom stereocenters. The van der Waals surface area contributed by atoms with Crippen molar-refractivity contribution in [2.75, 3.05) is 5.75 Å². The van der Waals surface area contributed by atoms with Crippen molar-refractivity contribution in [1.82, 2.24) is 4.72 Å². The number of hydrogen-bond donors (Lipinski definition) is 1. The molecule has 0 bridgehead atoms. The summed E-state index contributed by atoms with van der Waals surface area (Å²) in [6.07, 6.45) is 0. The standard InChI is InChI=1S/C14H17NO2S/c1-3-18(16,17)15-11(2)13-9-8-12-6-4-5-7-14(12)10-13/h4-11,15H,3H2,1-2H3. The van der Waals surface area contributed by atoms with E-state index in [1.54, 1.807) is 6.92 Å². The maximum absolute atomic E-state index is 11.5. The third kappa shape index (κ3) is 2.89. The highest BCUT2D eigenvalue weighted by molar-refractivity contribution is 7.89. The van der Waals surface area contributed by atoms with Crippen LogP contribution < -0.4 is 4.72 Å². The Morgan fingerprint density at radius 1 is 1.11 bits per heavy atom. The van der Waals surface area contributed by atoms with Gasteiger partial charge in [-0.1, -0.05) is 36.4 Å². The first-order chi connectivity index (χ1) is 8.52. The van der Waals surface area contributed by atoms with E-state index in [4.69, 9.17) is 0 Å². The van der Waals surface area contributed by atoms with Crippen molar-refractivity contribution >= 4 is 20.8 Å². The molecule has 1 atom stereocenters. The van der Waals surface area contributed by atoms with Crippen molar-refractivity contribution in [2.24, 2.45) is 0 Å². The van der Waals surface area contributed by atoms with Crippen molar-refractivity contribution in [1.29, 1.82) is 0 Å². The van der Waals surface area contributed by atoms with Gasteiger partial charge in [0.2, 0.25) is 10.0 Å². The Balaban J connectivity index is 2.31. The fourth-order valence-electron chi connectivity index (χ4n) is 1.90. The first-order valence-electron chi connectivity index (χ1n) is 6.00. The van der Waals surface area contributed by atoms with E-state index in [1.165, 1.54) is 0 Å². The number of benzene rings is 2. The van der Waals surface area contributed by atoms with E-state index in [2.05, 4.69) is 4.72 Å². The Kier molecular flexibility index (Phi) is 3.68. The average molecular weight is 263 g/mol.